The Labute approximate surface area is 193 Å². The summed E-state index contributed by atoms with van der Waals surface area (Å²) in [6.07, 6.45) is 3.22. The maximum atomic E-state index is 12.9. The summed E-state index contributed by atoms with van der Waals surface area (Å²) in [6.45, 7) is 5.46. The summed E-state index contributed by atoms with van der Waals surface area (Å²) in [5, 5.41) is 10.6. The zero-order chi connectivity index (χ0) is 23.5. The summed E-state index contributed by atoms with van der Waals surface area (Å²) >= 11 is 0. The predicted octanol–water partition coefficient (Wildman–Crippen LogP) is 3.90. The molecule has 0 aromatic heterocycles. The highest BCUT2D eigenvalue weighted by Gasteiger charge is 2.44. The van der Waals surface area contributed by atoms with E-state index in [1.54, 1.807) is 33.9 Å². The molecule has 1 aromatic carbocycles. The third kappa shape index (κ3) is 3.53. The molecule has 0 radical (unpaired) electrons. The molecule has 0 saturated heterocycles. The zero-order valence-electron chi connectivity index (χ0n) is 19.6. The Morgan fingerprint density at radius 2 is 2.00 bits per heavy atom. The number of ketones is 1. The van der Waals surface area contributed by atoms with Crippen LogP contribution in [-0.2, 0) is 20.7 Å². The number of esters is 1. The number of rotatable bonds is 4. The lowest BCUT2D eigenvalue weighted by Crippen LogP contribution is -2.39. The Morgan fingerprint density at radius 3 is 2.70 bits per heavy atom. The van der Waals surface area contributed by atoms with Crippen molar-refractivity contribution in [3.05, 3.63) is 34.1 Å². The molecular weight excluding hydrogens is 424 g/mol. The lowest BCUT2D eigenvalue weighted by Gasteiger charge is -2.37. The number of Topliss-reactive ketones (excluding diaryl/α,β-unsaturated/α-hetero) is 1. The van der Waals surface area contributed by atoms with Gasteiger partial charge in [0.1, 0.15) is 29.1 Å². The van der Waals surface area contributed by atoms with E-state index in [9.17, 15) is 14.7 Å². The van der Waals surface area contributed by atoms with Gasteiger partial charge in [0, 0.05) is 36.5 Å². The maximum absolute atomic E-state index is 12.9. The molecule has 4 aliphatic rings. The van der Waals surface area contributed by atoms with Gasteiger partial charge in [0.15, 0.2) is 0 Å². The second-order valence-corrected chi connectivity index (χ2v) is 9.73. The highest BCUT2D eigenvalue weighted by atomic mass is 16.6. The van der Waals surface area contributed by atoms with Gasteiger partial charge < -0.3 is 24.1 Å². The molecule has 0 unspecified atom stereocenters. The number of ether oxygens (including phenoxy) is 4. The minimum absolute atomic E-state index is 0.165. The number of carbonyl (C=O) groups excluding carboxylic acids is 2. The van der Waals surface area contributed by atoms with Gasteiger partial charge in [-0.3, -0.25) is 4.79 Å². The van der Waals surface area contributed by atoms with Crippen LogP contribution < -0.4 is 14.2 Å². The normalized spacial score (nSPS) is 23.7. The van der Waals surface area contributed by atoms with E-state index < -0.39 is 17.7 Å². The number of aliphatic hydroxyl groups is 1. The van der Waals surface area contributed by atoms with Crippen molar-refractivity contribution in [3.63, 3.8) is 0 Å². The fraction of sp³-hybridized carbons (Fsp3) is 0.538. The average molecular weight is 455 g/mol. The van der Waals surface area contributed by atoms with Gasteiger partial charge in [-0.05, 0) is 51.5 Å². The first-order valence-electron chi connectivity index (χ1n) is 11.7. The summed E-state index contributed by atoms with van der Waals surface area (Å²) in [5.41, 5.74) is 3.65. The highest BCUT2D eigenvalue weighted by Crippen LogP contribution is 2.56. The molecule has 2 aliphatic carbocycles. The van der Waals surface area contributed by atoms with Crippen molar-refractivity contribution >= 4 is 17.3 Å². The predicted molar refractivity (Wildman–Crippen MR) is 120 cm³/mol. The van der Waals surface area contributed by atoms with Crippen LogP contribution in [0.5, 0.6) is 17.2 Å². The van der Waals surface area contributed by atoms with Gasteiger partial charge in [-0.15, -0.1) is 0 Å². The van der Waals surface area contributed by atoms with Gasteiger partial charge in [0.05, 0.1) is 24.9 Å². The highest BCUT2D eigenvalue weighted by molar-refractivity contribution is 6.00. The monoisotopic (exact) mass is 454 g/mol. The first kappa shape index (κ1) is 22.0. The lowest BCUT2D eigenvalue weighted by atomic mass is 9.69. The van der Waals surface area contributed by atoms with Gasteiger partial charge in [0.2, 0.25) is 5.76 Å². The topological polar surface area (TPSA) is 91.3 Å². The quantitative estimate of drug-likeness (QED) is 0.690. The van der Waals surface area contributed by atoms with Gasteiger partial charge in [-0.2, -0.15) is 0 Å². The van der Waals surface area contributed by atoms with Crippen LogP contribution in [0.4, 0.5) is 0 Å². The number of carbonyl (C=O) groups is 2. The van der Waals surface area contributed by atoms with Crippen LogP contribution in [0, 0.1) is 5.92 Å². The molecule has 0 amide bonds. The molecule has 176 valence electrons. The SMILES string of the molecule is CCOC(=O)C1=C2CC[C@H]3CC(=O)CCC3=C2c2c(cc3c(c2OC)C[C@@H](C(C)(C)O)O3)O1. The molecule has 2 aliphatic heterocycles. The maximum Gasteiger partial charge on any atom is 0.374 e. The molecule has 0 bridgehead atoms. The van der Waals surface area contributed by atoms with E-state index in [0.29, 0.717) is 49.4 Å². The van der Waals surface area contributed by atoms with Crippen molar-refractivity contribution in [2.75, 3.05) is 13.7 Å². The molecule has 5 rings (SSSR count). The van der Waals surface area contributed by atoms with E-state index in [4.69, 9.17) is 18.9 Å². The number of benzene rings is 1. The number of hydrogen-bond acceptors (Lipinski definition) is 7. The molecule has 7 heteroatoms. The summed E-state index contributed by atoms with van der Waals surface area (Å²) in [7, 11) is 1.62. The van der Waals surface area contributed by atoms with Crippen molar-refractivity contribution in [1.82, 2.24) is 0 Å². The first-order chi connectivity index (χ1) is 15.7. The van der Waals surface area contributed by atoms with Gasteiger partial charge >= 0.3 is 5.97 Å². The third-order valence-electron chi connectivity index (χ3n) is 7.16. The van der Waals surface area contributed by atoms with E-state index in [1.165, 1.54) is 5.57 Å². The Hall–Kier alpha value is -2.80. The van der Waals surface area contributed by atoms with Crippen LogP contribution in [0.1, 0.15) is 64.0 Å². The van der Waals surface area contributed by atoms with Crippen molar-refractivity contribution in [3.8, 4) is 17.2 Å². The van der Waals surface area contributed by atoms with Crippen LogP contribution in [0.15, 0.2) is 23.0 Å². The number of fused-ring (bicyclic) bond motifs is 5. The first-order valence-corrected chi connectivity index (χ1v) is 11.7. The van der Waals surface area contributed by atoms with E-state index in [0.717, 1.165) is 28.7 Å². The fourth-order valence-electron chi connectivity index (χ4n) is 5.56. The molecule has 1 N–H and O–H groups in total. The third-order valence-corrected chi connectivity index (χ3v) is 7.16. The molecule has 1 saturated carbocycles. The number of hydrogen-bond donors (Lipinski definition) is 1. The Balaban J connectivity index is 1.73. The van der Waals surface area contributed by atoms with E-state index >= 15 is 0 Å². The van der Waals surface area contributed by atoms with E-state index in [-0.39, 0.29) is 24.1 Å². The number of allylic oxidation sites excluding steroid dienone is 3. The second kappa shape index (κ2) is 7.90. The molecule has 2 atom stereocenters. The average Bonchev–Trinajstić information content (AvgIpc) is 3.20. The van der Waals surface area contributed by atoms with Crippen LogP contribution >= 0.6 is 0 Å². The molecule has 33 heavy (non-hydrogen) atoms. The Morgan fingerprint density at radius 1 is 1.21 bits per heavy atom. The Kier molecular flexibility index (Phi) is 5.27. The van der Waals surface area contributed by atoms with Gasteiger partial charge in [-0.1, -0.05) is 5.57 Å². The smallest absolute Gasteiger partial charge is 0.374 e. The van der Waals surface area contributed by atoms with Crippen LogP contribution in [0.25, 0.3) is 5.57 Å². The summed E-state index contributed by atoms with van der Waals surface area (Å²) in [4.78, 5) is 25.1. The van der Waals surface area contributed by atoms with Crippen molar-refractivity contribution in [2.24, 2.45) is 5.92 Å². The standard InChI is InChI=1S/C26H30O7/c1-5-31-25(28)24-16-8-6-13-10-14(27)7-9-15(13)21(16)22-19(33-24)12-18-17(23(22)30-4)11-20(32-18)26(2,3)29/h12-13,20,29H,5-11H2,1-4H3/t13-,20-/m0/s1. The second-order valence-electron chi connectivity index (χ2n) is 9.73. The molecule has 0 spiro atoms. The molecule has 2 heterocycles. The van der Waals surface area contributed by atoms with Gasteiger partial charge in [0.25, 0.3) is 0 Å². The summed E-state index contributed by atoms with van der Waals surface area (Å²) in [5.74, 6) is 1.89. The molecular formula is C26H30O7. The summed E-state index contributed by atoms with van der Waals surface area (Å²) in [6, 6.07) is 1.79. The largest absolute Gasteiger partial charge is 0.496 e. The Bertz CT molecular complexity index is 1100. The van der Waals surface area contributed by atoms with Crippen molar-refractivity contribution < 1.29 is 33.6 Å². The van der Waals surface area contributed by atoms with Crippen molar-refractivity contribution in [2.45, 2.75) is 71.0 Å². The summed E-state index contributed by atoms with van der Waals surface area (Å²) < 4.78 is 23.5. The molecule has 1 fully saturated rings. The van der Waals surface area contributed by atoms with E-state index in [1.807, 2.05) is 0 Å². The van der Waals surface area contributed by atoms with Crippen LogP contribution in [0.2, 0.25) is 0 Å². The molecule has 1 aromatic rings. The van der Waals surface area contributed by atoms with E-state index in [2.05, 4.69) is 0 Å². The lowest BCUT2D eigenvalue weighted by molar-refractivity contribution is -0.141. The number of methoxy groups -OCH3 is 1. The zero-order valence-corrected chi connectivity index (χ0v) is 19.6. The van der Waals surface area contributed by atoms with Crippen LogP contribution in [0.3, 0.4) is 0 Å². The minimum atomic E-state index is -1.04. The fourth-order valence-corrected chi connectivity index (χ4v) is 5.56. The van der Waals surface area contributed by atoms with Gasteiger partial charge in [-0.25, -0.2) is 4.79 Å². The van der Waals surface area contributed by atoms with Crippen molar-refractivity contribution in [1.29, 1.82) is 0 Å². The minimum Gasteiger partial charge on any atom is -0.496 e. The molecule has 7 nitrogen and oxygen atoms in total. The van der Waals surface area contributed by atoms with Crippen LogP contribution in [-0.4, -0.2) is 42.3 Å².